The number of aryl methyl sites for hydroxylation is 4. The van der Waals surface area contributed by atoms with Gasteiger partial charge in [-0.25, -0.2) is 0 Å². The van der Waals surface area contributed by atoms with Crippen molar-refractivity contribution < 1.29 is 9.63 Å². The maximum Gasteiger partial charge on any atom is 0.168 e. The quantitative estimate of drug-likeness (QED) is 0.767. The van der Waals surface area contributed by atoms with Gasteiger partial charge in [0.25, 0.3) is 0 Å². The second kappa shape index (κ2) is 6.03. The molecule has 0 heterocycles. The first-order valence-electron chi connectivity index (χ1n) is 6.38. The molecule has 4 heteroatoms. The average Bonchev–Trinajstić information content (AvgIpc) is 2.37. The molecule has 0 aliphatic rings. The molecule has 0 aliphatic heterocycles. The third-order valence-corrected chi connectivity index (χ3v) is 3.81. The number of benzene rings is 2. The summed E-state index contributed by atoms with van der Waals surface area (Å²) in [4.78, 5) is 0. The Kier molecular flexibility index (Phi) is 4.57. The fourth-order valence-electron chi connectivity index (χ4n) is 2.49. The molecule has 0 radical (unpaired) electrons. The van der Waals surface area contributed by atoms with Gasteiger partial charge < -0.3 is 9.63 Å². The molecule has 2 rings (SSSR count). The smallest absolute Gasteiger partial charge is 0.168 e. The lowest BCUT2D eigenvalue weighted by molar-refractivity contribution is 0.472. The first kappa shape index (κ1) is 15.2. The van der Waals surface area contributed by atoms with E-state index in [1.165, 1.54) is 0 Å². The van der Waals surface area contributed by atoms with E-state index in [0.29, 0.717) is 5.75 Å². The highest BCUT2D eigenvalue weighted by atomic mass is 35.7. The van der Waals surface area contributed by atoms with Crippen molar-refractivity contribution in [3.05, 3.63) is 46.5 Å². The van der Waals surface area contributed by atoms with Crippen molar-refractivity contribution in [1.82, 2.24) is 0 Å². The normalized spacial score (nSPS) is 11.2. The van der Waals surface area contributed by atoms with Crippen LogP contribution in [0.1, 0.15) is 22.3 Å². The summed E-state index contributed by atoms with van der Waals surface area (Å²) in [6, 6.07) is 8.01. The lowest BCUT2D eigenvalue weighted by Gasteiger charge is -2.16. The maximum absolute atomic E-state index is 10.4. The molecule has 1 atom stereocenters. The van der Waals surface area contributed by atoms with Gasteiger partial charge in [-0.1, -0.05) is 23.4 Å². The highest BCUT2D eigenvalue weighted by Gasteiger charge is 2.15. The van der Waals surface area contributed by atoms with E-state index in [1.54, 1.807) is 0 Å². The number of hydrogen-bond donors (Lipinski definition) is 1. The van der Waals surface area contributed by atoms with Gasteiger partial charge in [-0.3, -0.25) is 0 Å². The van der Waals surface area contributed by atoms with E-state index in [4.69, 9.17) is 15.8 Å². The van der Waals surface area contributed by atoms with E-state index in [-0.39, 0.29) is 8.16 Å². The summed E-state index contributed by atoms with van der Waals surface area (Å²) in [5.74, 6) is 1.03. The Balaban J connectivity index is 2.74. The summed E-state index contributed by atoms with van der Waals surface area (Å²) < 4.78 is 5.59. The van der Waals surface area contributed by atoms with Gasteiger partial charge in [-0.15, -0.1) is 0 Å². The molecule has 1 N–H and O–H groups in total. The van der Waals surface area contributed by atoms with Crippen LogP contribution in [0.4, 0.5) is 0 Å². The van der Waals surface area contributed by atoms with Gasteiger partial charge in [-0.2, -0.15) is 0 Å². The summed E-state index contributed by atoms with van der Waals surface area (Å²) >= 11 is 5.75. The Labute approximate surface area is 126 Å². The highest BCUT2D eigenvalue weighted by molar-refractivity contribution is 7.64. The minimum absolute atomic E-state index is 0.148. The van der Waals surface area contributed by atoms with E-state index in [0.717, 1.165) is 39.1 Å². The highest BCUT2D eigenvalue weighted by Crippen LogP contribution is 2.43. The van der Waals surface area contributed by atoms with Gasteiger partial charge in [0.15, 0.2) is 8.16 Å². The van der Waals surface area contributed by atoms with Crippen LogP contribution in [0.2, 0.25) is 0 Å². The standard InChI is InChI=1S/C16H18ClO2P/c1-9-5-11(3)15(18)13(7-9)14-8-10(2)6-12(4)16(14)19-20-17/h5-8,18,20H,1-4H3. The molecule has 2 aromatic carbocycles. The van der Waals surface area contributed by atoms with Crippen molar-refractivity contribution in [2.45, 2.75) is 27.7 Å². The Morgan fingerprint density at radius 1 is 0.900 bits per heavy atom. The number of phenolic OH excluding ortho intramolecular Hbond substituents is 1. The minimum Gasteiger partial charge on any atom is -0.507 e. The van der Waals surface area contributed by atoms with E-state index in [9.17, 15) is 5.11 Å². The van der Waals surface area contributed by atoms with Crippen molar-refractivity contribution in [3.63, 3.8) is 0 Å². The second-order valence-electron chi connectivity index (χ2n) is 5.12. The molecule has 0 fully saturated rings. The average molecular weight is 309 g/mol. The SMILES string of the molecule is Cc1cc(C)c(O)c(-c2cc(C)cc(C)c2OPCl)c1. The van der Waals surface area contributed by atoms with Gasteiger partial charge in [0.2, 0.25) is 0 Å². The zero-order chi connectivity index (χ0) is 14.9. The summed E-state index contributed by atoms with van der Waals surface area (Å²) in [6.45, 7) is 7.94. The lowest BCUT2D eigenvalue weighted by atomic mass is 9.95. The second-order valence-corrected chi connectivity index (χ2v) is 5.94. The Hall–Kier alpha value is -1.24. The summed E-state index contributed by atoms with van der Waals surface area (Å²) in [5, 5.41) is 10.4. The van der Waals surface area contributed by atoms with E-state index in [2.05, 4.69) is 6.07 Å². The van der Waals surface area contributed by atoms with Gasteiger partial charge >= 0.3 is 0 Å². The predicted molar refractivity (Wildman–Crippen MR) is 87.3 cm³/mol. The molecule has 1 unspecified atom stereocenters. The van der Waals surface area contributed by atoms with E-state index in [1.807, 2.05) is 45.9 Å². The lowest BCUT2D eigenvalue weighted by Crippen LogP contribution is -1.92. The monoisotopic (exact) mass is 308 g/mol. The minimum atomic E-state index is -0.148. The zero-order valence-corrected chi connectivity index (χ0v) is 13.8. The topological polar surface area (TPSA) is 29.5 Å². The first-order valence-corrected chi connectivity index (χ1v) is 8.30. The molecule has 0 amide bonds. The fourth-order valence-corrected chi connectivity index (χ4v) is 3.07. The largest absolute Gasteiger partial charge is 0.507 e. The van der Waals surface area contributed by atoms with Crippen LogP contribution in [-0.2, 0) is 0 Å². The van der Waals surface area contributed by atoms with Crippen LogP contribution in [0.25, 0.3) is 11.1 Å². The van der Waals surface area contributed by atoms with Crippen molar-refractivity contribution in [3.8, 4) is 22.6 Å². The van der Waals surface area contributed by atoms with Crippen molar-refractivity contribution in [2.24, 2.45) is 0 Å². The summed E-state index contributed by atoms with van der Waals surface area (Å²) in [7, 11) is -0.148. The van der Waals surface area contributed by atoms with Crippen LogP contribution in [0.5, 0.6) is 11.5 Å². The molecule has 0 spiro atoms. The summed E-state index contributed by atoms with van der Waals surface area (Å²) in [5.41, 5.74) is 5.79. The van der Waals surface area contributed by atoms with Crippen LogP contribution in [0.3, 0.4) is 0 Å². The third kappa shape index (κ3) is 2.92. The molecule has 0 aromatic heterocycles. The van der Waals surface area contributed by atoms with Crippen molar-refractivity contribution >= 4 is 19.4 Å². The van der Waals surface area contributed by atoms with E-state index < -0.39 is 0 Å². The van der Waals surface area contributed by atoms with Crippen molar-refractivity contribution in [2.75, 3.05) is 0 Å². The van der Waals surface area contributed by atoms with Crippen molar-refractivity contribution in [1.29, 1.82) is 0 Å². The predicted octanol–water partition coefficient (Wildman–Crippen LogP) is 5.42. The van der Waals surface area contributed by atoms with Gasteiger partial charge in [0, 0.05) is 11.1 Å². The molecule has 20 heavy (non-hydrogen) atoms. The molecular weight excluding hydrogens is 291 g/mol. The number of aromatic hydroxyl groups is 1. The fraction of sp³-hybridized carbons (Fsp3) is 0.250. The molecular formula is C16H18ClO2P. The van der Waals surface area contributed by atoms with Gasteiger partial charge in [0.05, 0.1) is 0 Å². The zero-order valence-electron chi connectivity index (χ0n) is 12.0. The molecule has 2 nitrogen and oxygen atoms in total. The number of rotatable bonds is 3. The Morgan fingerprint density at radius 3 is 2.05 bits per heavy atom. The summed E-state index contributed by atoms with van der Waals surface area (Å²) in [6.07, 6.45) is 0. The molecule has 0 bridgehead atoms. The third-order valence-electron chi connectivity index (χ3n) is 3.29. The van der Waals surface area contributed by atoms with Gasteiger partial charge in [0.1, 0.15) is 11.5 Å². The number of hydrogen-bond acceptors (Lipinski definition) is 2. The molecule has 106 valence electrons. The van der Waals surface area contributed by atoms with Gasteiger partial charge in [-0.05, 0) is 62.1 Å². The van der Waals surface area contributed by atoms with Crippen LogP contribution in [0.15, 0.2) is 24.3 Å². The Morgan fingerprint density at radius 2 is 1.45 bits per heavy atom. The molecule has 0 aliphatic carbocycles. The van der Waals surface area contributed by atoms with Crippen LogP contribution < -0.4 is 4.52 Å². The first-order chi connectivity index (χ1) is 9.43. The molecule has 0 saturated heterocycles. The maximum atomic E-state index is 10.4. The molecule has 2 aromatic rings. The van der Waals surface area contributed by atoms with Crippen LogP contribution in [0, 0.1) is 27.7 Å². The Bertz CT molecular complexity index is 653. The van der Waals surface area contributed by atoms with Crippen LogP contribution in [-0.4, -0.2) is 5.11 Å². The van der Waals surface area contributed by atoms with E-state index >= 15 is 0 Å². The number of halogens is 1. The molecule has 0 saturated carbocycles. The number of phenols is 1. The van der Waals surface area contributed by atoms with Crippen LogP contribution >= 0.6 is 19.4 Å².